The second-order valence-corrected chi connectivity index (χ2v) is 3.25. The molecular formula is C11H13N5. The van der Waals surface area contributed by atoms with Crippen LogP contribution in [0.4, 0.5) is 11.6 Å². The van der Waals surface area contributed by atoms with Gasteiger partial charge in [-0.25, -0.2) is 4.98 Å². The van der Waals surface area contributed by atoms with E-state index in [0.29, 0.717) is 6.54 Å². The van der Waals surface area contributed by atoms with E-state index in [1.165, 1.54) is 0 Å². The third kappa shape index (κ3) is 2.66. The standard InChI is InChI=1S/C11H13N5/c1-12-10-7-14-8-11(16-10)15-6-9-2-4-13-5-3-9/h2-5,7-8H,6H2,1H3,(H2,12,15,16). The third-order valence-corrected chi connectivity index (χ3v) is 2.11. The molecule has 0 radical (unpaired) electrons. The molecule has 0 fully saturated rings. The number of hydrogen-bond donors (Lipinski definition) is 2. The molecule has 0 aliphatic heterocycles. The average molecular weight is 215 g/mol. The summed E-state index contributed by atoms with van der Waals surface area (Å²) in [4.78, 5) is 12.3. The molecule has 0 amide bonds. The molecule has 0 saturated heterocycles. The van der Waals surface area contributed by atoms with Crippen molar-refractivity contribution in [3.05, 3.63) is 42.5 Å². The van der Waals surface area contributed by atoms with Gasteiger partial charge in [0.25, 0.3) is 0 Å². The lowest BCUT2D eigenvalue weighted by atomic mass is 10.3. The third-order valence-electron chi connectivity index (χ3n) is 2.11. The molecule has 2 rings (SSSR count). The molecule has 0 unspecified atom stereocenters. The van der Waals surface area contributed by atoms with Crippen molar-refractivity contribution in [3.8, 4) is 0 Å². The van der Waals surface area contributed by atoms with Gasteiger partial charge in [0.2, 0.25) is 0 Å². The molecule has 5 heteroatoms. The van der Waals surface area contributed by atoms with Gasteiger partial charge in [-0.15, -0.1) is 0 Å². The van der Waals surface area contributed by atoms with E-state index in [-0.39, 0.29) is 0 Å². The van der Waals surface area contributed by atoms with Crippen LogP contribution in [0.5, 0.6) is 0 Å². The van der Waals surface area contributed by atoms with Crippen LogP contribution in [0.25, 0.3) is 0 Å². The van der Waals surface area contributed by atoms with Crippen molar-refractivity contribution in [2.24, 2.45) is 0 Å². The van der Waals surface area contributed by atoms with E-state index < -0.39 is 0 Å². The number of nitrogens with one attached hydrogen (secondary N) is 2. The highest BCUT2D eigenvalue weighted by molar-refractivity contribution is 5.41. The number of anilines is 2. The molecule has 82 valence electrons. The van der Waals surface area contributed by atoms with Crippen LogP contribution in [-0.4, -0.2) is 22.0 Å². The maximum atomic E-state index is 4.31. The largest absolute Gasteiger partial charge is 0.372 e. The second-order valence-electron chi connectivity index (χ2n) is 3.25. The van der Waals surface area contributed by atoms with Crippen LogP contribution in [0.2, 0.25) is 0 Å². The summed E-state index contributed by atoms with van der Waals surface area (Å²) in [5, 5.41) is 6.14. The first-order chi connectivity index (χ1) is 7.88. The zero-order chi connectivity index (χ0) is 11.2. The van der Waals surface area contributed by atoms with Gasteiger partial charge < -0.3 is 10.6 Å². The van der Waals surface area contributed by atoms with Gasteiger partial charge in [-0.2, -0.15) is 0 Å². The number of hydrogen-bond acceptors (Lipinski definition) is 5. The van der Waals surface area contributed by atoms with Crippen LogP contribution in [0.3, 0.4) is 0 Å². The number of aromatic nitrogens is 3. The summed E-state index contributed by atoms with van der Waals surface area (Å²) in [6.07, 6.45) is 6.92. The van der Waals surface area contributed by atoms with Crippen molar-refractivity contribution >= 4 is 11.6 Å². The van der Waals surface area contributed by atoms with Crippen LogP contribution >= 0.6 is 0 Å². The van der Waals surface area contributed by atoms with Gasteiger partial charge in [0.15, 0.2) is 0 Å². The van der Waals surface area contributed by atoms with Crippen molar-refractivity contribution in [1.82, 2.24) is 15.0 Å². The molecule has 0 aromatic carbocycles. The molecule has 5 nitrogen and oxygen atoms in total. The Morgan fingerprint density at radius 3 is 2.56 bits per heavy atom. The highest BCUT2D eigenvalue weighted by atomic mass is 15.1. The van der Waals surface area contributed by atoms with Crippen LogP contribution in [-0.2, 0) is 6.54 Å². The van der Waals surface area contributed by atoms with Crippen LogP contribution < -0.4 is 10.6 Å². The molecule has 0 aliphatic carbocycles. The summed E-state index contributed by atoms with van der Waals surface area (Å²) in [7, 11) is 1.82. The molecule has 0 aliphatic rings. The highest BCUT2D eigenvalue weighted by Gasteiger charge is 1.96. The zero-order valence-corrected chi connectivity index (χ0v) is 9.01. The number of rotatable bonds is 4. The molecule has 2 aromatic rings. The quantitative estimate of drug-likeness (QED) is 0.809. The lowest BCUT2D eigenvalue weighted by Crippen LogP contribution is -2.03. The van der Waals surface area contributed by atoms with Gasteiger partial charge in [-0.3, -0.25) is 9.97 Å². The van der Waals surface area contributed by atoms with Gasteiger partial charge in [0, 0.05) is 26.0 Å². The fourth-order valence-electron chi connectivity index (χ4n) is 1.26. The minimum atomic E-state index is 0.713. The van der Waals surface area contributed by atoms with Gasteiger partial charge in [-0.1, -0.05) is 0 Å². The summed E-state index contributed by atoms with van der Waals surface area (Å²) in [5.74, 6) is 1.50. The van der Waals surface area contributed by atoms with Crippen molar-refractivity contribution in [3.63, 3.8) is 0 Å². The predicted molar refractivity (Wildman–Crippen MR) is 63.1 cm³/mol. The van der Waals surface area contributed by atoms with E-state index in [0.717, 1.165) is 17.2 Å². The van der Waals surface area contributed by atoms with Crippen molar-refractivity contribution in [2.75, 3.05) is 17.7 Å². The van der Waals surface area contributed by atoms with Gasteiger partial charge in [0.1, 0.15) is 11.6 Å². The summed E-state index contributed by atoms with van der Waals surface area (Å²) in [6.45, 7) is 0.713. The molecule has 2 aromatic heterocycles. The van der Waals surface area contributed by atoms with E-state index in [1.807, 2.05) is 19.2 Å². The lowest BCUT2D eigenvalue weighted by molar-refractivity contribution is 1.08. The average Bonchev–Trinajstić information content (AvgIpc) is 2.38. The SMILES string of the molecule is CNc1cncc(NCc2ccncc2)n1. The summed E-state index contributed by atoms with van der Waals surface area (Å²) in [6, 6.07) is 3.92. The monoisotopic (exact) mass is 215 g/mol. The number of pyridine rings is 1. The Morgan fingerprint density at radius 2 is 1.81 bits per heavy atom. The fraction of sp³-hybridized carbons (Fsp3) is 0.182. The molecule has 2 N–H and O–H groups in total. The maximum Gasteiger partial charge on any atom is 0.147 e. The van der Waals surface area contributed by atoms with E-state index in [2.05, 4.69) is 25.6 Å². The highest BCUT2D eigenvalue weighted by Crippen LogP contribution is 2.07. The molecule has 0 saturated carbocycles. The summed E-state index contributed by atoms with van der Waals surface area (Å²) in [5.41, 5.74) is 1.16. The lowest BCUT2D eigenvalue weighted by Gasteiger charge is -2.06. The minimum absolute atomic E-state index is 0.713. The Morgan fingerprint density at radius 1 is 1.06 bits per heavy atom. The first kappa shape index (κ1) is 10.4. The molecule has 0 atom stereocenters. The maximum absolute atomic E-state index is 4.31. The Kier molecular flexibility index (Phi) is 3.28. The Bertz CT molecular complexity index is 443. The normalized spacial score (nSPS) is 9.81. The van der Waals surface area contributed by atoms with E-state index in [9.17, 15) is 0 Å². The first-order valence-electron chi connectivity index (χ1n) is 5.01. The smallest absolute Gasteiger partial charge is 0.147 e. The Labute approximate surface area is 94.0 Å². The van der Waals surface area contributed by atoms with Crippen LogP contribution in [0.1, 0.15) is 5.56 Å². The summed E-state index contributed by atoms with van der Waals surface area (Å²) < 4.78 is 0. The second kappa shape index (κ2) is 5.06. The van der Waals surface area contributed by atoms with Crippen LogP contribution in [0, 0.1) is 0 Å². The van der Waals surface area contributed by atoms with Crippen molar-refractivity contribution in [1.29, 1.82) is 0 Å². The Hall–Kier alpha value is -2.17. The van der Waals surface area contributed by atoms with E-state index in [4.69, 9.17) is 0 Å². The van der Waals surface area contributed by atoms with Gasteiger partial charge in [0.05, 0.1) is 12.4 Å². The zero-order valence-electron chi connectivity index (χ0n) is 9.01. The Balaban J connectivity index is 1.99. The molecule has 2 heterocycles. The predicted octanol–water partition coefficient (Wildman–Crippen LogP) is 1.53. The molecule has 16 heavy (non-hydrogen) atoms. The first-order valence-corrected chi connectivity index (χ1v) is 5.01. The summed E-state index contributed by atoms with van der Waals surface area (Å²) >= 11 is 0. The van der Waals surface area contributed by atoms with Crippen LogP contribution in [0.15, 0.2) is 36.9 Å². The topological polar surface area (TPSA) is 62.7 Å². The number of nitrogens with zero attached hydrogens (tertiary/aromatic N) is 3. The fourth-order valence-corrected chi connectivity index (χ4v) is 1.26. The van der Waals surface area contributed by atoms with Gasteiger partial charge in [-0.05, 0) is 17.7 Å². The van der Waals surface area contributed by atoms with Crippen molar-refractivity contribution < 1.29 is 0 Å². The van der Waals surface area contributed by atoms with E-state index in [1.54, 1.807) is 24.8 Å². The minimum Gasteiger partial charge on any atom is -0.372 e. The van der Waals surface area contributed by atoms with E-state index >= 15 is 0 Å². The molecule has 0 bridgehead atoms. The molecule has 0 spiro atoms. The molecular weight excluding hydrogens is 202 g/mol. The van der Waals surface area contributed by atoms with Gasteiger partial charge >= 0.3 is 0 Å². The van der Waals surface area contributed by atoms with Crippen molar-refractivity contribution in [2.45, 2.75) is 6.54 Å².